The number of nitrogens with zero attached hydrogens (tertiary/aromatic N) is 3. The summed E-state index contributed by atoms with van der Waals surface area (Å²) in [5, 5.41) is 8.78. The standard InChI is InChI=1S/C19H18N4O3S/c1-12(24)23-9-8-13-11-14(4-5-15(13)23)20-17(25)6-7-18-21-19(22-26-18)16-3-2-10-27-16/h2-5,10-11H,6-9H2,1H3,(H,20,25). The van der Waals surface area contributed by atoms with Crippen molar-refractivity contribution in [2.45, 2.75) is 26.2 Å². The minimum Gasteiger partial charge on any atom is -0.339 e. The van der Waals surface area contributed by atoms with E-state index in [0.717, 1.165) is 28.2 Å². The lowest BCUT2D eigenvalue weighted by Crippen LogP contribution is -2.25. The maximum absolute atomic E-state index is 12.2. The van der Waals surface area contributed by atoms with Gasteiger partial charge in [0.25, 0.3) is 0 Å². The zero-order valence-electron chi connectivity index (χ0n) is 14.8. The summed E-state index contributed by atoms with van der Waals surface area (Å²) in [6.07, 6.45) is 1.43. The molecule has 2 amide bonds. The fourth-order valence-corrected chi connectivity index (χ4v) is 3.76. The van der Waals surface area contributed by atoms with Gasteiger partial charge in [0.1, 0.15) is 0 Å². The van der Waals surface area contributed by atoms with Crippen molar-refractivity contribution in [2.24, 2.45) is 0 Å². The number of thiophene rings is 1. The van der Waals surface area contributed by atoms with E-state index in [1.807, 2.05) is 35.7 Å². The minimum absolute atomic E-state index is 0.0343. The summed E-state index contributed by atoms with van der Waals surface area (Å²) in [5.41, 5.74) is 2.72. The first kappa shape index (κ1) is 17.4. The first-order chi connectivity index (χ1) is 13.1. The summed E-state index contributed by atoms with van der Waals surface area (Å²) in [6, 6.07) is 9.48. The molecule has 3 heterocycles. The third-order valence-corrected chi connectivity index (χ3v) is 5.28. The minimum atomic E-state index is -0.118. The van der Waals surface area contributed by atoms with Crippen molar-refractivity contribution in [3.63, 3.8) is 0 Å². The molecule has 7 nitrogen and oxygen atoms in total. The quantitative estimate of drug-likeness (QED) is 0.732. The van der Waals surface area contributed by atoms with E-state index in [0.29, 0.717) is 24.7 Å². The highest BCUT2D eigenvalue weighted by molar-refractivity contribution is 7.13. The van der Waals surface area contributed by atoms with Crippen molar-refractivity contribution in [1.29, 1.82) is 0 Å². The second kappa shape index (κ2) is 7.32. The molecule has 1 aromatic carbocycles. The molecule has 0 radical (unpaired) electrons. The molecule has 0 aliphatic carbocycles. The van der Waals surface area contributed by atoms with Crippen molar-refractivity contribution < 1.29 is 14.1 Å². The number of carbonyl (C=O) groups excluding carboxylic acids is 2. The molecule has 0 bridgehead atoms. The third-order valence-electron chi connectivity index (χ3n) is 4.41. The fraction of sp³-hybridized carbons (Fsp3) is 0.263. The fourth-order valence-electron chi connectivity index (χ4n) is 3.11. The molecule has 27 heavy (non-hydrogen) atoms. The summed E-state index contributed by atoms with van der Waals surface area (Å²) < 4.78 is 5.21. The van der Waals surface area contributed by atoms with Crippen LogP contribution in [0.1, 0.15) is 24.8 Å². The number of fused-ring (bicyclic) bond motifs is 1. The lowest BCUT2D eigenvalue weighted by Gasteiger charge is -2.15. The number of aryl methyl sites for hydroxylation is 1. The molecule has 1 aliphatic heterocycles. The monoisotopic (exact) mass is 382 g/mol. The van der Waals surface area contributed by atoms with Crippen LogP contribution in [0.15, 0.2) is 40.2 Å². The maximum atomic E-state index is 12.2. The maximum Gasteiger partial charge on any atom is 0.227 e. The number of anilines is 2. The van der Waals surface area contributed by atoms with Crippen LogP contribution in [0.3, 0.4) is 0 Å². The average molecular weight is 382 g/mol. The van der Waals surface area contributed by atoms with Gasteiger partial charge in [0, 0.05) is 37.7 Å². The molecule has 0 fully saturated rings. The molecule has 0 unspecified atom stereocenters. The van der Waals surface area contributed by atoms with Crippen molar-refractivity contribution in [3.05, 3.63) is 47.2 Å². The Balaban J connectivity index is 1.34. The Hall–Kier alpha value is -3.00. The smallest absolute Gasteiger partial charge is 0.227 e. The third kappa shape index (κ3) is 3.75. The average Bonchev–Trinajstić information content (AvgIpc) is 3.38. The SMILES string of the molecule is CC(=O)N1CCc2cc(NC(=O)CCc3nc(-c4cccs4)no3)ccc21. The molecule has 0 saturated carbocycles. The van der Waals surface area contributed by atoms with E-state index in [1.165, 1.54) is 11.3 Å². The number of carbonyl (C=O) groups is 2. The van der Waals surface area contributed by atoms with E-state index in [2.05, 4.69) is 15.5 Å². The van der Waals surface area contributed by atoms with E-state index in [1.54, 1.807) is 11.8 Å². The molecular formula is C19H18N4O3S. The van der Waals surface area contributed by atoms with Crippen LogP contribution in [-0.4, -0.2) is 28.5 Å². The van der Waals surface area contributed by atoms with Gasteiger partial charge in [-0.25, -0.2) is 0 Å². The molecule has 4 rings (SSSR count). The second-order valence-electron chi connectivity index (χ2n) is 6.30. The Morgan fingerprint density at radius 3 is 3.00 bits per heavy atom. The van der Waals surface area contributed by atoms with Gasteiger partial charge in [-0.1, -0.05) is 11.2 Å². The number of hydrogen-bond donors (Lipinski definition) is 1. The number of rotatable bonds is 5. The van der Waals surface area contributed by atoms with Crippen molar-refractivity contribution in [2.75, 3.05) is 16.8 Å². The Kier molecular flexibility index (Phi) is 4.72. The van der Waals surface area contributed by atoms with Crippen LogP contribution in [0.4, 0.5) is 11.4 Å². The second-order valence-corrected chi connectivity index (χ2v) is 7.25. The number of hydrogen-bond acceptors (Lipinski definition) is 6. The normalized spacial score (nSPS) is 12.9. The van der Waals surface area contributed by atoms with Gasteiger partial charge >= 0.3 is 0 Å². The van der Waals surface area contributed by atoms with Crippen LogP contribution in [0.2, 0.25) is 0 Å². The predicted molar refractivity (Wildman–Crippen MR) is 103 cm³/mol. The topological polar surface area (TPSA) is 88.3 Å². The van der Waals surface area contributed by atoms with E-state index in [9.17, 15) is 9.59 Å². The van der Waals surface area contributed by atoms with Gasteiger partial charge in [0.15, 0.2) is 0 Å². The molecule has 2 aromatic heterocycles. The molecule has 8 heteroatoms. The van der Waals surface area contributed by atoms with Gasteiger partial charge in [-0.05, 0) is 41.6 Å². The van der Waals surface area contributed by atoms with Gasteiger partial charge in [0.2, 0.25) is 23.5 Å². The van der Waals surface area contributed by atoms with Crippen LogP contribution in [0.5, 0.6) is 0 Å². The van der Waals surface area contributed by atoms with Crippen LogP contribution in [0, 0.1) is 0 Å². The molecule has 138 valence electrons. The Labute approximate surface area is 160 Å². The van der Waals surface area contributed by atoms with Gasteiger partial charge < -0.3 is 14.7 Å². The zero-order chi connectivity index (χ0) is 18.8. The van der Waals surface area contributed by atoms with Gasteiger partial charge in [-0.2, -0.15) is 4.98 Å². The van der Waals surface area contributed by atoms with E-state index >= 15 is 0 Å². The Morgan fingerprint density at radius 1 is 1.33 bits per heavy atom. The first-order valence-electron chi connectivity index (χ1n) is 8.67. The van der Waals surface area contributed by atoms with Crippen molar-refractivity contribution in [3.8, 4) is 10.7 Å². The summed E-state index contributed by atoms with van der Waals surface area (Å²) in [5.74, 6) is 0.910. The molecule has 0 spiro atoms. The van der Waals surface area contributed by atoms with Crippen molar-refractivity contribution in [1.82, 2.24) is 10.1 Å². The van der Waals surface area contributed by atoms with Crippen LogP contribution < -0.4 is 10.2 Å². The number of aromatic nitrogens is 2. The molecule has 0 atom stereocenters. The molecule has 1 N–H and O–H groups in total. The molecule has 0 saturated heterocycles. The predicted octanol–water partition coefficient (Wildman–Crippen LogP) is 3.28. The highest BCUT2D eigenvalue weighted by Crippen LogP contribution is 2.30. The molecular weight excluding hydrogens is 364 g/mol. The van der Waals surface area contributed by atoms with Crippen LogP contribution >= 0.6 is 11.3 Å². The first-order valence-corrected chi connectivity index (χ1v) is 9.55. The van der Waals surface area contributed by atoms with Gasteiger partial charge in [0.05, 0.1) is 4.88 Å². The summed E-state index contributed by atoms with van der Waals surface area (Å²) >= 11 is 1.54. The van der Waals surface area contributed by atoms with Crippen LogP contribution in [-0.2, 0) is 22.4 Å². The van der Waals surface area contributed by atoms with E-state index < -0.39 is 0 Å². The summed E-state index contributed by atoms with van der Waals surface area (Å²) in [6.45, 7) is 2.25. The van der Waals surface area contributed by atoms with E-state index in [-0.39, 0.29) is 18.2 Å². The number of amides is 2. The zero-order valence-corrected chi connectivity index (χ0v) is 15.6. The van der Waals surface area contributed by atoms with Crippen LogP contribution in [0.25, 0.3) is 10.7 Å². The highest BCUT2D eigenvalue weighted by atomic mass is 32.1. The van der Waals surface area contributed by atoms with E-state index in [4.69, 9.17) is 4.52 Å². The lowest BCUT2D eigenvalue weighted by atomic mass is 10.1. The Morgan fingerprint density at radius 2 is 2.22 bits per heavy atom. The van der Waals surface area contributed by atoms with Crippen molar-refractivity contribution >= 4 is 34.5 Å². The molecule has 3 aromatic rings. The summed E-state index contributed by atoms with van der Waals surface area (Å²) in [4.78, 5) is 30.8. The largest absolute Gasteiger partial charge is 0.339 e. The van der Waals surface area contributed by atoms with Gasteiger partial charge in [-0.3, -0.25) is 9.59 Å². The van der Waals surface area contributed by atoms with Gasteiger partial charge in [-0.15, -0.1) is 11.3 Å². The number of nitrogens with one attached hydrogen (secondary N) is 1. The summed E-state index contributed by atoms with van der Waals surface area (Å²) in [7, 11) is 0. The Bertz CT molecular complexity index is 981. The lowest BCUT2D eigenvalue weighted by molar-refractivity contribution is -0.117. The molecule has 1 aliphatic rings. The number of benzene rings is 1. The highest BCUT2D eigenvalue weighted by Gasteiger charge is 2.22.